The van der Waals surface area contributed by atoms with Crippen LogP contribution < -0.4 is 5.32 Å². The number of hydrogen-bond donors (Lipinski definition) is 3. The number of nitrogens with one attached hydrogen (secondary N) is 1. The van der Waals surface area contributed by atoms with E-state index >= 15 is 0 Å². The summed E-state index contributed by atoms with van der Waals surface area (Å²) in [5, 5.41) is 23.6. The summed E-state index contributed by atoms with van der Waals surface area (Å²) in [6.07, 6.45) is 23.0. The van der Waals surface area contributed by atoms with Gasteiger partial charge in [-0.25, -0.2) is 9.59 Å². The third kappa shape index (κ3) is 22.3. The molecule has 0 saturated carbocycles. The predicted octanol–water partition coefficient (Wildman–Crippen LogP) is 11.7. The Morgan fingerprint density at radius 3 is 1.48 bits per heavy atom. The number of aliphatic hydroxyl groups is 1. The molecule has 2 aromatic carbocycles. The number of aliphatic carboxylic acids is 1. The van der Waals surface area contributed by atoms with Crippen molar-refractivity contribution in [3.8, 4) is 11.1 Å². The Morgan fingerprint density at radius 1 is 0.577 bits per heavy atom. The monoisotopic (exact) mass is 996 g/mol. The van der Waals surface area contributed by atoms with E-state index in [0.717, 1.165) is 60.8 Å². The van der Waals surface area contributed by atoms with E-state index in [-0.39, 0.29) is 25.6 Å². The molecule has 1 aliphatic heterocycles. The van der Waals surface area contributed by atoms with Gasteiger partial charge in [0.05, 0.1) is 12.8 Å². The molecule has 14 heteroatoms. The van der Waals surface area contributed by atoms with Gasteiger partial charge in [0.15, 0.2) is 12.3 Å². The van der Waals surface area contributed by atoms with E-state index in [9.17, 15) is 29.4 Å². The molecule has 14 nitrogen and oxygen atoms in total. The van der Waals surface area contributed by atoms with Crippen molar-refractivity contribution in [3.05, 3.63) is 59.7 Å². The minimum Gasteiger partial charge on any atom is -0.480 e. The number of carboxylic acid groups (broad SMARTS) is 1. The molecule has 1 saturated heterocycles. The Bertz CT molecular complexity index is 1750. The number of benzene rings is 2. The highest BCUT2D eigenvalue weighted by Gasteiger charge is 2.47. The van der Waals surface area contributed by atoms with Gasteiger partial charge in [-0.15, -0.1) is 0 Å². The molecule has 1 fully saturated rings. The number of hydrogen-bond acceptors (Lipinski definition) is 12. The van der Waals surface area contributed by atoms with Crippen LogP contribution in [0.5, 0.6) is 0 Å². The van der Waals surface area contributed by atoms with Gasteiger partial charge in [0.1, 0.15) is 44.2 Å². The topological polar surface area (TPSA) is 185 Å². The van der Waals surface area contributed by atoms with E-state index in [1.54, 1.807) is 0 Å². The van der Waals surface area contributed by atoms with Crippen LogP contribution in [0.1, 0.15) is 198 Å². The third-order valence-electron chi connectivity index (χ3n) is 13.8. The van der Waals surface area contributed by atoms with Crippen LogP contribution in [0.2, 0.25) is 0 Å². The lowest BCUT2D eigenvalue weighted by Gasteiger charge is -2.43. The quantitative estimate of drug-likeness (QED) is 0.0326. The molecule has 0 unspecified atom stereocenters. The number of rotatable bonds is 40. The summed E-state index contributed by atoms with van der Waals surface area (Å²) >= 11 is 0. The maximum atomic E-state index is 12.9. The predicted molar refractivity (Wildman–Crippen MR) is 274 cm³/mol. The van der Waals surface area contributed by atoms with Crippen molar-refractivity contribution in [2.24, 2.45) is 0 Å². The molecule has 0 aromatic heterocycles. The van der Waals surface area contributed by atoms with Crippen LogP contribution in [0.25, 0.3) is 11.1 Å². The van der Waals surface area contributed by atoms with Gasteiger partial charge in [0.25, 0.3) is 0 Å². The zero-order valence-corrected chi connectivity index (χ0v) is 43.5. The number of esters is 2. The SMILES string of the molecule is CCCCCCCCCCCCCCO[C@H]1[C@@H](OC)O[C@H](COC(=O)CCC(=O)OC[C@H](NC(=O)OCC2c3ccccc3-c3ccccc32)C(=O)O)[C@@H](O)[C@@H]1OCCCCCCCCCCCCCC. The van der Waals surface area contributed by atoms with Gasteiger partial charge in [0, 0.05) is 26.2 Å². The number of carboxylic acids is 1. The molecule has 1 aliphatic carbocycles. The average Bonchev–Trinajstić information content (AvgIpc) is 3.70. The fourth-order valence-electron chi connectivity index (χ4n) is 9.57. The highest BCUT2D eigenvalue weighted by Crippen LogP contribution is 2.44. The van der Waals surface area contributed by atoms with Crippen molar-refractivity contribution in [1.82, 2.24) is 5.32 Å². The van der Waals surface area contributed by atoms with Gasteiger partial charge < -0.3 is 48.7 Å². The third-order valence-corrected chi connectivity index (χ3v) is 13.8. The van der Waals surface area contributed by atoms with E-state index in [1.165, 1.54) is 123 Å². The lowest BCUT2D eigenvalue weighted by atomic mass is 9.98. The van der Waals surface area contributed by atoms with Crippen molar-refractivity contribution in [3.63, 3.8) is 0 Å². The summed E-state index contributed by atoms with van der Waals surface area (Å²) in [7, 11) is 1.50. The smallest absolute Gasteiger partial charge is 0.407 e. The Labute approximate surface area is 424 Å². The van der Waals surface area contributed by atoms with Crippen molar-refractivity contribution >= 4 is 24.0 Å². The summed E-state index contributed by atoms with van der Waals surface area (Å²) < 4.78 is 40.5. The maximum Gasteiger partial charge on any atom is 0.407 e. The summed E-state index contributed by atoms with van der Waals surface area (Å²) in [4.78, 5) is 50.2. The second-order valence-electron chi connectivity index (χ2n) is 19.4. The normalized spacial score (nSPS) is 18.9. The molecular formula is C57H89NO13. The molecule has 71 heavy (non-hydrogen) atoms. The molecule has 2 aromatic rings. The number of methoxy groups -OCH3 is 1. The maximum absolute atomic E-state index is 12.9. The van der Waals surface area contributed by atoms with Gasteiger partial charge in [-0.3, -0.25) is 9.59 Å². The van der Waals surface area contributed by atoms with Gasteiger partial charge in [0.2, 0.25) is 0 Å². The summed E-state index contributed by atoms with van der Waals surface area (Å²) in [5.41, 5.74) is 4.10. The number of ether oxygens (including phenoxy) is 7. The number of fused-ring (bicyclic) bond motifs is 3. The first-order valence-electron chi connectivity index (χ1n) is 27.4. The van der Waals surface area contributed by atoms with Gasteiger partial charge in [-0.1, -0.05) is 204 Å². The second-order valence-corrected chi connectivity index (χ2v) is 19.4. The van der Waals surface area contributed by atoms with Gasteiger partial charge >= 0.3 is 24.0 Å². The van der Waals surface area contributed by atoms with Crippen LogP contribution in [-0.4, -0.2) is 111 Å². The van der Waals surface area contributed by atoms with Gasteiger partial charge in [-0.2, -0.15) is 0 Å². The first-order valence-corrected chi connectivity index (χ1v) is 27.4. The zero-order valence-electron chi connectivity index (χ0n) is 43.5. The van der Waals surface area contributed by atoms with Crippen LogP contribution in [0.4, 0.5) is 4.79 Å². The number of carbonyl (C=O) groups is 4. The number of aliphatic hydroxyl groups excluding tert-OH is 1. The highest BCUT2D eigenvalue weighted by atomic mass is 16.7. The molecule has 0 radical (unpaired) electrons. The fraction of sp³-hybridized carbons (Fsp3) is 0.719. The van der Waals surface area contributed by atoms with Gasteiger partial charge in [-0.05, 0) is 35.1 Å². The number of carbonyl (C=O) groups excluding carboxylic acids is 3. The molecule has 1 amide bonds. The van der Waals surface area contributed by atoms with Crippen LogP contribution in [0.15, 0.2) is 48.5 Å². The Balaban J connectivity index is 1.18. The standard InChI is InChI=1S/C57H89NO13/c1-4-6-8-10-12-14-16-18-20-22-24-30-38-66-53-52(61)49(71-56(65-3)54(53)67-39-31-25-23-21-19-17-15-13-11-9-7-5-2)42-69-51(60)37-36-50(59)68-41-48(55(62)63)58-57(64)70-40-47-45-34-28-26-32-43(45)44-33-27-29-35-46(44)47/h26-29,32-35,47-49,52-54,56,61H,4-25,30-31,36-42H2,1-3H3,(H,58,64)(H,62,63)/t48-,49+,52+,53-,54+,56-/m0/s1. The van der Waals surface area contributed by atoms with Crippen LogP contribution in [0, 0.1) is 0 Å². The van der Waals surface area contributed by atoms with E-state index in [4.69, 9.17) is 33.2 Å². The largest absolute Gasteiger partial charge is 0.480 e. The highest BCUT2D eigenvalue weighted by molar-refractivity contribution is 5.82. The lowest BCUT2D eigenvalue weighted by molar-refractivity contribution is -0.311. The Hall–Kier alpha value is -4.08. The van der Waals surface area contributed by atoms with Crippen molar-refractivity contribution < 1.29 is 62.5 Å². The minimum atomic E-state index is -1.59. The van der Waals surface area contributed by atoms with Crippen LogP contribution in [0.3, 0.4) is 0 Å². The van der Waals surface area contributed by atoms with E-state index in [2.05, 4.69) is 19.2 Å². The van der Waals surface area contributed by atoms with Crippen molar-refractivity contribution in [2.45, 2.75) is 223 Å². The molecule has 1 heterocycles. The van der Waals surface area contributed by atoms with Crippen molar-refractivity contribution in [2.75, 3.05) is 40.1 Å². The summed E-state index contributed by atoms with van der Waals surface area (Å²) in [5.74, 6) is -3.27. The fourth-order valence-corrected chi connectivity index (χ4v) is 9.57. The molecule has 0 spiro atoms. The number of alkyl carbamates (subject to hydrolysis) is 1. The van der Waals surface area contributed by atoms with E-state index in [0.29, 0.717) is 13.2 Å². The molecule has 0 bridgehead atoms. The summed E-state index contributed by atoms with van der Waals surface area (Å²) in [6, 6.07) is 14.1. The molecule has 4 rings (SSSR count). The molecule has 6 atom stereocenters. The first-order chi connectivity index (χ1) is 34.7. The minimum absolute atomic E-state index is 0.0236. The first kappa shape index (κ1) is 59.5. The molecule has 3 N–H and O–H groups in total. The van der Waals surface area contributed by atoms with Crippen LogP contribution in [-0.2, 0) is 47.5 Å². The molecule has 2 aliphatic rings. The Kier molecular flexibility index (Phi) is 30.1. The van der Waals surface area contributed by atoms with Crippen molar-refractivity contribution in [1.29, 1.82) is 0 Å². The zero-order chi connectivity index (χ0) is 50.9. The van der Waals surface area contributed by atoms with E-state index < -0.39 is 73.8 Å². The molecular weight excluding hydrogens is 907 g/mol. The lowest BCUT2D eigenvalue weighted by Crippen LogP contribution is -2.61. The van der Waals surface area contributed by atoms with E-state index in [1.807, 2.05) is 48.5 Å². The number of amides is 1. The second kappa shape index (κ2) is 35.9. The van der Waals surface area contributed by atoms with Crippen LogP contribution >= 0.6 is 0 Å². The Morgan fingerprint density at radius 2 is 1.01 bits per heavy atom. The molecule has 400 valence electrons. The average molecular weight is 996 g/mol. The number of unbranched alkanes of at least 4 members (excludes halogenated alkanes) is 22. The summed E-state index contributed by atoms with van der Waals surface area (Å²) in [6.45, 7) is 4.34.